The number of amides is 1. The number of nitrogens with one attached hydrogen (secondary N) is 2. The summed E-state index contributed by atoms with van der Waals surface area (Å²) in [6, 6.07) is 7.58. The minimum absolute atomic E-state index is 0.0474. The Labute approximate surface area is 230 Å². The molecule has 0 bridgehead atoms. The number of anilines is 2. The molecular weight excluding hydrogens is 513 g/mol. The molecular formula is C28H30FN9O2. The Hall–Kier alpha value is -4.37. The zero-order chi connectivity index (χ0) is 28.0. The first-order valence-electron chi connectivity index (χ1n) is 13.5. The minimum atomic E-state index is -0.513. The van der Waals surface area contributed by atoms with Gasteiger partial charge in [0.2, 0.25) is 0 Å². The largest absolute Gasteiger partial charge is 0.368 e. The zero-order valence-corrected chi connectivity index (χ0v) is 22.5. The first kappa shape index (κ1) is 25.9. The molecule has 206 valence electrons. The predicted octanol–water partition coefficient (Wildman–Crippen LogP) is 2.84. The summed E-state index contributed by atoms with van der Waals surface area (Å²) in [6.45, 7) is 7.35. The van der Waals surface area contributed by atoms with Crippen LogP contribution in [0.4, 0.5) is 21.6 Å². The molecule has 2 N–H and O–H groups in total. The van der Waals surface area contributed by atoms with Crippen molar-refractivity contribution in [1.29, 1.82) is 5.26 Å². The number of piperazine rings is 1. The molecule has 1 saturated carbocycles. The van der Waals surface area contributed by atoms with E-state index in [1.54, 1.807) is 12.1 Å². The van der Waals surface area contributed by atoms with Gasteiger partial charge in [0, 0.05) is 44.8 Å². The second-order valence-electron chi connectivity index (χ2n) is 10.6. The van der Waals surface area contributed by atoms with Crippen LogP contribution in [0.15, 0.2) is 28.0 Å². The fraction of sp³-hybridized carbons (Fsp3) is 0.429. The molecule has 3 aromatic rings. The standard InChI is InChI=1S/C28H30FN9O2/c1-3-38-25-22-20(31-16-32-25)14-18(23(29)24(22)34-27(38)40)15-36-10-12-37(13-11-36)21-5-4-19(33-17(21)2)26(39)35-28(6-7-28)8-9-30/h4-5,14,16H,3,6-8,10-13,15H2,1-2H3,(H,31,32)(H,35,39). The molecule has 1 saturated heterocycles. The fourth-order valence-corrected chi connectivity index (χ4v) is 5.58. The van der Waals surface area contributed by atoms with Crippen molar-refractivity contribution in [2.45, 2.75) is 51.7 Å². The highest BCUT2D eigenvalue weighted by molar-refractivity contribution is 6.06. The molecule has 11 nitrogen and oxygen atoms in total. The Morgan fingerprint density at radius 1 is 1.23 bits per heavy atom. The van der Waals surface area contributed by atoms with Crippen molar-refractivity contribution in [2.24, 2.45) is 4.99 Å². The number of carbonyl (C=O) groups is 1. The third-order valence-electron chi connectivity index (χ3n) is 8.00. The van der Waals surface area contributed by atoms with Crippen molar-refractivity contribution in [3.63, 3.8) is 0 Å². The Bertz CT molecular complexity index is 1650. The lowest BCUT2D eigenvalue weighted by Gasteiger charge is -2.36. The van der Waals surface area contributed by atoms with Crippen LogP contribution in [-0.4, -0.2) is 63.4 Å². The number of aromatic nitrogens is 3. The number of nitrogens with zero attached hydrogens (tertiary/aromatic N) is 7. The Kier molecular flexibility index (Phi) is 6.46. The SMILES string of the molecule is CCn1c2c3c(cc(CN4CCN(c5ccc(C(=O)NC6(CC#N)CC6)nc5C)CC4)c(F)c3nc1=O)NC=N2. The fourth-order valence-electron chi connectivity index (χ4n) is 5.58. The Morgan fingerprint density at radius 2 is 2.00 bits per heavy atom. The van der Waals surface area contributed by atoms with Crippen LogP contribution in [0.2, 0.25) is 0 Å². The first-order chi connectivity index (χ1) is 19.3. The van der Waals surface area contributed by atoms with Crippen LogP contribution < -0.4 is 21.2 Å². The Balaban J connectivity index is 1.14. The van der Waals surface area contributed by atoms with Crippen molar-refractivity contribution in [1.82, 2.24) is 24.8 Å². The second kappa shape index (κ2) is 9.98. The van der Waals surface area contributed by atoms with Gasteiger partial charge in [0.25, 0.3) is 5.91 Å². The third kappa shape index (κ3) is 4.56. The maximum Gasteiger partial charge on any atom is 0.349 e. The van der Waals surface area contributed by atoms with Crippen molar-refractivity contribution >= 4 is 40.3 Å². The van der Waals surface area contributed by atoms with E-state index in [4.69, 9.17) is 5.26 Å². The quantitative estimate of drug-likeness (QED) is 0.465. The van der Waals surface area contributed by atoms with Crippen LogP contribution in [0.25, 0.3) is 10.9 Å². The van der Waals surface area contributed by atoms with Crippen LogP contribution in [0.3, 0.4) is 0 Å². The third-order valence-corrected chi connectivity index (χ3v) is 8.00. The zero-order valence-electron chi connectivity index (χ0n) is 22.5. The number of benzene rings is 1. The molecule has 2 fully saturated rings. The van der Waals surface area contributed by atoms with E-state index in [1.165, 1.54) is 10.9 Å². The maximum absolute atomic E-state index is 15.6. The number of halogens is 1. The van der Waals surface area contributed by atoms with Gasteiger partial charge < -0.3 is 15.5 Å². The van der Waals surface area contributed by atoms with E-state index in [1.807, 2.05) is 19.9 Å². The second-order valence-corrected chi connectivity index (χ2v) is 10.6. The molecule has 0 radical (unpaired) electrons. The predicted molar refractivity (Wildman–Crippen MR) is 150 cm³/mol. The smallest absolute Gasteiger partial charge is 0.349 e. The van der Waals surface area contributed by atoms with Gasteiger partial charge in [0.1, 0.15) is 17.0 Å². The van der Waals surface area contributed by atoms with E-state index >= 15 is 4.39 Å². The van der Waals surface area contributed by atoms with E-state index in [0.717, 1.165) is 37.3 Å². The van der Waals surface area contributed by atoms with Crippen LogP contribution in [-0.2, 0) is 13.1 Å². The molecule has 12 heteroatoms. The van der Waals surface area contributed by atoms with Gasteiger partial charge in [0.05, 0.1) is 46.8 Å². The lowest BCUT2D eigenvalue weighted by atomic mass is 10.1. The van der Waals surface area contributed by atoms with Crippen molar-refractivity contribution in [3.8, 4) is 6.07 Å². The monoisotopic (exact) mass is 543 g/mol. The van der Waals surface area contributed by atoms with E-state index in [0.29, 0.717) is 60.7 Å². The average Bonchev–Trinajstić information content (AvgIpc) is 3.70. The molecule has 1 aromatic carbocycles. The number of aliphatic imine (C=N–C) groups is 1. The van der Waals surface area contributed by atoms with Crippen LogP contribution in [0.5, 0.6) is 0 Å². The highest BCUT2D eigenvalue weighted by Gasteiger charge is 2.44. The summed E-state index contributed by atoms with van der Waals surface area (Å²) < 4.78 is 17.1. The van der Waals surface area contributed by atoms with Gasteiger partial charge in [-0.25, -0.2) is 19.2 Å². The van der Waals surface area contributed by atoms with Gasteiger partial charge in [-0.3, -0.25) is 14.3 Å². The molecule has 6 rings (SSSR count). The molecule has 1 amide bonds. The summed E-state index contributed by atoms with van der Waals surface area (Å²) in [5.74, 6) is -0.315. The van der Waals surface area contributed by atoms with Crippen LogP contribution in [0, 0.1) is 24.1 Å². The normalized spacial score (nSPS) is 17.4. The maximum atomic E-state index is 15.6. The lowest BCUT2D eigenvalue weighted by molar-refractivity contribution is 0.0927. The van der Waals surface area contributed by atoms with Gasteiger partial charge >= 0.3 is 5.69 Å². The van der Waals surface area contributed by atoms with Crippen molar-refractivity contribution < 1.29 is 9.18 Å². The van der Waals surface area contributed by atoms with Gasteiger partial charge in [-0.2, -0.15) is 10.2 Å². The summed E-state index contributed by atoms with van der Waals surface area (Å²) in [6.07, 6.45) is 3.47. The highest BCUT2D eigenvalue weighted by Crippen LogP contribution is 2.39. The number of rotatable bonds is 7. The first-order valence-corrected chi connectivity index (χ1v) is 13.5. The summed E-state index contributed by atoms with van der Waals surface area (Å²) >= 11 is 0. The van der Waals surface area contributed by atoms with E-state index in [2.05, 4.69) is 41.5 Å². The molecule has 2 aromatic heterocycles. The van der Waals surface area contributed by atoms with Gasteiger partial charge in [-0.05, 0) is 44.9 Å². The van der Waals surface area contributed by atoms with Gasteiger partial charge in [0.15, 0.2) is 5.82 Å². The summed E-state index contributed by atoms with van der Waals surface area (Å²) in [7, 11) is 0. The molecule has 4 heterocycles. The number of pyridine rings is 1. The molecule has 0 unspecified atom stereocenters. The molecule has 0 spiro atoms. The summed E-state index contributed by atoms with van der Waals surface area (Å²) in [5, 5.41) is 15.6. The highest BCUT2D eigenvalue weighted by atomic mass is 19.1. The number of carbonyl (C=O) groups excluding carboxylic acids is 1. The van der Waals surface area contributed by atoms with E-state index in [9.17, 15) is 9.59 Å². The number of aryl methyl sites for hydroxylation is 1. The van der Waals surface area contributed by atoms with Crippen LogP contribution >= 0.6 is 0 Å². The molecule has 0 atom stereocenters. The number of hydrogen-bond donors (Lipinski definition) is 2. The number of hydrogen-bond acceptors (Lipinski definition) is 9. The topological polar surface area (TPSA) is 132 Å². The molecule has 40 heavy (non-hydrogen) atoms. The molecule has 1 aliphatic carbocycles. The van der Waals surface area contributed by atoms with Crippen LogP contribution in [0.1, 0.15) is 47.9 Å². The average molecular weight is 544 g/mol. The Morgan fingerprint density at radius 3 is 2.67 bits per heavy atom. The lowest BCUT2D eigenvalue weighted by Crippen LogP contribution is -2.46. The summed E-state index contributed by atoms with van der Waals surface area (Å²) in [4.78, 5) is 42.5. The summed E-state index contributed by atoms with van der Waals surface area (Å²) in [5.41, 5.74) is 2.38. The van der Waals surface area contributed by atoms with E-state index < -0.39 is 17.0 Å². The minimum Gasteiger partial charge on any atom is -0.368 e. The number of nitriles is 1. The molecule has 2 aliphatic heterocycles. The van der Waals surface area contributed by atoms with E-state index in [-0.39, 0.29) is 11.4 Å². The van der Waals surface area contributed by atoms with Crippen molar-refractivity contribution in [3.05, 3.63) is 51.5 Å². The molecule has 3 aliphatic rings. The van der Waals surface area contributed by atoms with Gasteiger partial charge in [-0.1, -0.05) is 0 Å². The van der Waals surface area contributed by atoms with Gasteiger partial charge in [-0.15, -0.1) is 0 Å². The van der Waals surface area contributed by atoms with Crippen molar-refractivity contribution in [2.75, 3.05) is 36.4 Å².